The molecule has 2 heterocycles. The number of methoxy groups -OCH3 is 1. The van der Waals surface area contributed by atoms with Crippen LogP contribution >= 0.6 is 0 Å². The Balaban J connectivity index is 1.87. The van der Waals surface area contributed by atoms with Gasteiger partial charge in [0.05, 0.1) is 36.3 Å². The summed E-state index contributed by atoms with van der Waals surface area (Å²) < 4.78 is 21.6. The molecule has 4 aromatic rings. The van der Waals surface area contributed by atoms with Gasteiger partial charge in [-0.25, -0.2) is 4.39 Å². The van der Waals surface area contributed by atoms with Crippen LogP contribution in [0.1, 0.15) is 50.3 Å². The second kappa shape index (κ2) is 7.87. The lowest BCUT2D eigenvalue weighted by atomic mass is 9.68. The number of hydrogen-bond acceptors (Lipinski definition) is 4. The van der Waals surface area contributed by atoms with Gasteiger partial charge in [-0.1, -0.05) is 13.8 Å². The molecule has 0 amide bonds. The van der Waals surface area contributed by atoms with E-state index in [0.717, 1.165) is 33.1 Å². The molecule has 8 heteroatoms. The summed E-state index contributed by atoms with van der Waals surface area (Å²) in [5.41, 5.74) is 3.93. The van der Waals surface area contributed by atoms with E-state index >= 15 is 0 Å². The van der Waals surface area contributed by atoms with Gasteiger partial charge in [0.1, 0.15) is 0 Å². The number of H-pyrrole nitrogens is 1. The first-order valence-electron chi connectivity index (χ1n) is 11.2. The van der Waals surface area contributed by atoms with Crippen LogP contribution in [0.4, 0.5) is 4.39 Å². The van der Waals surface area contributed by atoms with Crippen molar-refractivity contribution in [2.75, 3.05) is 7.11 Å². The standard InChI is InChI=1S/C26H25FN4O3/c1-26(2,6-7-28)24-23(14-8-15(9-14)25(32)33)18-12-20-16(13-29-30-20)10-21(18)31(24)17-4-5-19(27)22(11-17)34-3/h4-5,10-15H,6,8-9H2,1-3H3,(H,29,30)(H,32,33)/t14-,15-. The highest BCUT2D eigenvalue weighted by molar-refractivity contribution is 5.99. The van der Waals surface area contributed by atoms with Gasteiger partial charge in [0, 0.05) is 40.1 Å². The second-order valence-corrected chi connectivity index (χ2v) is 9.67. The average molecular weight is 461 g/mol. The van der Waals surface area contributed by atoms with E-state index in [4.69, 9.17) is 4.74 Å². The van der Waals surface area contributed by atoms with Crippen LogP contribution in [0.2, 0.25) is 0 Å². The summed E-state index contributed by atoms with van der Waals surface area (Å²) in [6.45, 7) is 4.04. The molecule has 0 unspecified atom stereocenters. The number of hydrogen-bond donors (Lipinski definition) is 2. The molecular formula is C26H25FN4O3. The molecule has 174 valence electrons. The maximum absolute atomic E-state index is 14.3. The molecule has 7 nitrogen and oxygen atoms in total. The van der Waals surface area contributed by atoms with Crippen LogP contribution in [0.5, 0.6) is 5.75 Å². The van der Waals surface area contributed by atoms with Crippen LogP contribution in [-0.4, -0.2) is 33.0 Å². The second-order valence-electron chi connectivity index (χ2n) is 9.67. The first kappa shape index (κ1) is 22.0. The quantitative estimate of drug-likeness (QED) is 0.400. The minimum atomic E-state index is -0.781. The zero-order chi connectivity index (χ0) is 24.2. The van der Waals surface area contributed by atoms with Gasteiger partial charge in [-0.15, -0.1) is 0 Å². The first-order valence-corrected chi connectivity index (χ1v) is 11.2. The molecule has 0 spiro atoms. The monoisotopic (exact) mass is 460 g/mol. The summed E-state index contributed by atoms with van der Waals surface area (Å²) in [7, 11) is 1.43. The Labute approximate surface area is 195 Å². The van der Waals surface area contributed by atoms with Crippen LogP contribution in [-0.2, 0) is 10.2 Å². The SMILES string of the molecule is COc1cc(-n2c(C(C)(C)CC#N)c([C@H]3C[C@H](C(=O)O)C3)c3cc4[nH]ncc4cc32)ccc1F. The number of aromatic amines is 1. The molecule has 1 saturated carbocycles. The largest absolute Gasteiger partial charge is 0.494 e. The summed E-state index contributed by atoms with van der Waals surface area (Å²) >= 11 is 0. The van der Waals surface area contributed by atoms with Gasteiger partial charge in [-0.2, -0.15) is 10.4 Å². The minimum absolute atomic E-state index is 0.0422. The molecule has 2 aromatic heterocycles. The Morgan fingerprint density at radius 1 is 1.35 bits per heavy atom. The summed E-state index contributed by atoms with van der Waals surface area (Å²) in [4.78, 5) is 11.6. The molecule has 5 rings (SSSR count). The van der Waals surface area contributed by atoms with Crippen molar-refractivity contribution in [3.8, 4) is 17.5 Å². The number of benzene rings is 2. The smallest absolute Gasteiger partial charge is 0.306 e. The number of carboxylic acids is 1. The van der Waals surface area contributed by atoms with Crippen LogP contribution in [0, 0.1) is 23.1 Å². The molecule has 0 atom stereocenters. The fraction of sp³-hybridized carbons (Fsp3) is 0.346. The molecule has 1 aliphatic carbocycles. The summed E-state index contributed by atoms with van der Waals surface area (Å²) in [5, 5.41) is 28.2. The summed E-state index contributed by atoms with van der Waals surface area (Å²) in [5.74, 6) is -1.44. The highest BCUT2D eigenvalue weighted by Gasteiger charge is 2.41. The van der Waals surface area contributed by atoms with Crippen LogP contribution in [0.25, 0.3) is 27.5 Å². The highest BCUT2D eigenvalue weighted by Crippen LogP contribution is 2.50. The van der Waals surface area contributed by atoms with Gasteiger partial charge in [-0.05, 0) is 48.6 Å². The van der Waals surface area contributed by atoms with Gasteiger partial charge < -0.3 is 14.4 Å². The topological polar surface area (TPSA) is 104 Å². The van der Waals surface area contributed by atoms with Crippen molar-refractivity contribution >= 4 is 27.8 Å². The number of carboxylic acid groups (broad SMARTS) is 1. The Hall–Kier alpha value is -3.86. The van der Waals surface area contributed by atoms with E-state index in [2.05, 4.69) is 20.8 Å². The molecule has 2 aromatic carbocycles. The van der Waals surface area contributed by atoms with Crippen molar-refractivity contribution in [1.82, 2.24) is 14.8 Å². The lowest BCUT2D eigenvalue weighted by Gasteiger charge is -2.36. The van der Waals surface area contributed by atoms with Crippen molar-refractivity contribution < 1.29 is 19.0 Å². The number of aromatic nitrogens is 3. The summed E-state index contributed by atoms with van der Waals surface area (Å²) in [6, 6.07) is 11.1. The van der Waals surface area contributed by atoms with Crippen LogP contribution in [0.15, 0.2) is 36.5 Å². The Kier molecular flexibility index (Phi) is 5.08. The molecular weight excluding hydrogens is 435 g/mol. The van der Waals surface area contributed by atoms with Gasteiger partial charge in [0.25, 0.3) is 0 Å². The highest BCUT2D eigenvalue weighted by atomic mass is 19.1. The van der Waals surface area contributed by atoms with Crippen molar-refractivity contribution in [2.45, 2.75) is 44.4 Å². The molecule has 1 fully saturated rings. The Morgan fingerprint density at radius 2 is 2.12 bits per heavy atom. The van der Waals surface area contributed by atoms with Gasteiger partial charge >= 0.3 is 5.97 Å². The lowest BCUT2D eigenvalue weighted by molar-refractivity contribution is -0.145. The number of nitriles is 1. The number of aliphatic carboxylic acids is 1. The van der Waals surface area contributed by atoms with Crippen molar-refractivity contribution in [3.05, 3.63) is 53.6 Å². The normalized spacial score (nSPS) is 18.1. The number of carbonyl (C=O) groups is 1. The molecule has 2 N–H and O–H groups in total. The van der Waals surface area contributed by atoms with Gasteiger partial charge in [0.2, 0.25) is 0 Å². The van der Waals surface area contributed by atoms with E-state index in [1.807, 2.05) is 26.0 Å². The third kappa shape index (κ3) is 3.31. The van der Waals surface area contributed by atoms with Crippen molar-refractivity contribution in [1.29, 1.82) is 5.26 Å². The third-order valence-corrected chi connectivity index (χ3v) is 7.02. The molecule has 0 aliphatic heterocycles. The predicted molar refractivity (Wildman–Crippen MR) is 126 cm³/mol. The minimum Gasteiger partial charge on any atom is -0.494 e. The maximum Gasteiger partial charge on any atom is 0.306 e. The Morgan fingerprint density at radius 3 is 2.79 bits per heavy atom. The fourth-order valence-corrected chi connectivity index (χ4v) is 5.22. The molecule has 0 radical (unpaired) electrons. The number of fused-ring (bicyclic) bond motifs is 2. The summed E-state index contributed by atoms with van der Waals surface area (Å²) in [6.07, 6.45) is 3.10. The van der Waals surface area contributed by atoms with Crippen LogP contribution < -0.4 is 4.74 Å². The molecule has 0 bridgehead atoms. The molecule has 0 saturated heterocycles. The van der Waals surface area contributed by atoms with Gasteiger partial charge in [-0.3, -0.25) is 9.89 Å². The zero-order valence-electron chi connectivity index (χ0n) is 19.2. The van der Waals surface area contributed by atoms with E-state index in [9.17, 15) is 19.6 Å². The van der Waals surface area contributed by atoms with E-state index in [1.54, 1.807) is 18.3 Å². The Bertz CT molecular complexity index is 1470. The average Bonchev–Trinajstić information content (AvgIpc) is 3.34. The maximum atomic E-state index is 14.3. The van der Waals surface area contributed by atoms with Gasteiger partial charge in [0.15, 0.2) is 11.6 Å². The van der Waals surface area contributed by atoms with E-state index in [1.165, 1.54) is 13.2 Å². The van der Waals surface area contributed by atoms with Crippen molar-refractivity contribution in [2.24, 2.45) is 5.92 Å². The zero-order valence-corrected chi connectivity index (χ0v) is 19.2. The van der Waals surface area contributed by atoms with E-state index in [0.29, 0.717) is 18.5 Å². The van der Waals surface area contributed by atoms with Crippen LogP contribution in [0.3, 0.4) is 0 Å². The van der Waals surface area contributed by atoms with Crippen molar-refractivity contribution in [3.63, 3.8) is 0 Å². The molecule has 1 aliphatic rings. The first-order chi connectivity index (χ1) is 16.2. The lowest BCUT2D eigenvalue weighted by Crippen LogP contribution is -2.31. The predicted octanol–water partition coefficient (Wildman–Crippen LogP) is 5.42. The number of halogens is 1. The van der Waals surface area contributed by atoms with E-state index < -0.39 is 17.2 Å². The molecule has 34 heavy (non-hydrogen) atoms. The van der Waals surface area contributed by atoms with E-state index in [-0.39, 0.29) is 24.0 Å². The fourth-order valence-electron chi connectivity index (χ4n) is 5.22. The number of nitrogens with zero attached hydrogens (tertiary/aromatic N) is 3. The number of nitrogens with one attached hydrogen (secondary N) is 1. The number of rotatable bonds is 6. The number of ether oxygens (including phenoxy) is 1. The third-order valence-electron chi connectivity index (χ3n) is 7.02.